The van der Waals surface area contributed by atoms with Gasteiger partial charge in [0.25, 0.3) is 0 Å². The second-order valence-corrected chi connectivity index (χ2v) is 6.57. The van der Waals surface area contributed by atoms with Gasteiger partial charge in [0, 0.05) is 19.4 Å². The minimum atomic E-state index is -0.399. The van der Waals surface area contributed by atoms with Gasteiger partial charge in [-0.1, -0.05) is 42.5 Å². The number of carbonyl (C=O) groups excluding carboxylic acids is 1. The van der Waals surface area contributed by atoms with Crippen LogP contribution < -0.4 is 5.32 Å². The van der Waals surface area contributed by atoms with Gasteiger partial charge < -0.3 is 14.5 Å². The van der Waals surface area contributed by atoms with E-state index in [1.54, 1.807) is 12.5 Å². The lowest BCUT2D eigenvalue weighted by molar-refractivity contribution is -0.124. The molecule has 0 saturated carbocycles. The van der Waals surface area contributed by atoms with Crippen LogP contribution in [0.3, 0.4) is 0 Å². The molecule has 0 bridgehead atoms. The highest BCUT2D eigenvalue weighted by atomic mass is 16.2. The molecule has 4 aromatic rings. The quantitative estimate of drug-likeness (QED) is 0.595. The van der Waals surface area contributed by atoms with Crippen LogP contribution in [0.25, 0.3) is 11.0 Å². The van der Waals surface area contributed by atoms with Crippen LogP contribution in [-0.2, 0) is 11.8 Å². The van der Waals surface area contributed by atoms with Gasteiger partial charge in [-0.3, -0.25) is 4.79 Å². The number of rotatable bonds is 5. The van der Waals surface area contributed by atoms with E-state index in [9.17, 15) is 4.79 Å². The summed E-state index contributed by atoms with van der Waals surface area (Å²) in [6.07, 6.45) is 5.33. The summed E-state index contributed by atoms with van der Waals surface area (Å²) >= 11 is 0. The highest BCUT2D eigenvalue weighted by Crippen LogP contribution is 2.23. The molecular formula is C21H21N5O. The highest BCUT2D eigenvalue weighted by molar-refractivity contribution is 5.84. The van der Waals surface area contributed by atoms with E-state index in [1.807, 2.05) is 83.9 Å². The number of hydrogen-bond donors (Lipinski definition) is 1. The van der Waals surface area contributed by atoms with Crippen LogP contribution in [-0.4, -0.2) is 25.0 Å². The number of aromatic nitrogens is 4. The van der Waals surface area contributed by atoms with Gasteiger partial charge in [-0.15, -0.1) is 0 Å². The van der Waals surface area contributed by atoms with Crippen LogP contribution in [0.2, 0.25) is 0 Å². The molecule has 1 amide bonds. The van der Waals surface area contributed by atoms with Crippen molar-refractivity contribution >= 4 is 16.9 Å². The third-order valence-corrected chi connectivity index (χ3v) is 4.81. The zero-order valence-electron chi connectivity index (χ0n) is 15.3. The summed E-state index contributed by atoms with van der Waals surface area (Å²) in [5.41, 5.74) is 2.80. The monoisotopic (exact) mass is 359 g/mol. The topological polar surface area (TPSA) is 64.7 Å². The average Bonchev–Trinajstić information content (AvgIpc) is 3.32. The minimum absolute atomic E-state index is 0.0880. The fraction of sp³-hybridized carbons (Fsp3) is 0.190. The SMILES string of the molecule is C[C@H](C(=O)N[C@H](c1ccccc1)c1nccn1C)n1cnc2ccccc21. The molecule has 0 unspecified atom stereocenters. The molecule has 2 atom stereocenters. The van der Waals surface area contributed by atoms with Gasteiger partial charge in [0.2, 0.25) is 5.91 Å². The number of hydrogen-bond acceptors (Lipinski definition) is 3. The fourth-order valence-corrected chi connectivity index (χ4v) is 3.27. The average molecular weight is 359 g/mol. The van der Waals surface area contributed by atoms with Crippen molar-refractivity contribution in [3.05, 3.63) is 84.7 Å². The van der Waals surface area contributed by atoms with Crippen LogP contribution in [0.15, 0.2) is 73.3 Å². The summed E-state index contributed by atoms with van der Waals surface area (Å²) in [6.45, 7) is 1.88. The first-order valence-corrected chi connectivity index (χ1v) is 8.89. The summed E-state index contributed by atoms with van der Waals surface area (Å²) in [6, 6.07) is 17.0. The Morgan fingerprint density at radius 3 is 2.52 bits per heavy atom. The van der Waals surface area contributed by atoms with Crippen molar-refractivity contribution < 1.29 is 4.79 Å². The lowest BCUT2D eigenvalue weighted by atomic mass is 10.1. The number of benzene rings is 2. The Kier molecular flexibility index (Phi) is 4.46. The molecular weight excluding hydrogens is 338 g/mol. The number of imidazole rings is 2. The van der Waals surface area contributed by atoms with E-state index in [4.69, 9.17) is 0 Å². The Bertz CT molecular complexity index is 1070. The smallest absolute Gasteiger partial charge is 0.243 e. The Labute approximate surface area is 157 Å². The summed E-state index contributed by atoms with van der Waals surface area (Å²) < 4.78 is 3.82. The summed E-state index contributed by atoms with van der Waals surface area (Å²) in [4.78, 5) is 21.9. The maximum absolute atomic E-state index is 13.1. The van der Waals surface area contributed by atoms with Crippen LogP contribution >= 0.6 is 0 Å². The zero-order chi connectivity index (χ0) is 18.8. The molecule has 0 radical (unpaired) electrons. The molecule has 0 spiro atoms. The van der Waals surface area contributed by atoms with Crippen molar-refractivity contribution in [2.45, 2.75) is 19.0 Å². The van der Waals surface area contributed by atoms with Gasteiger partial charge in [-0.25, -0.2) is 9.97 Å². The first-order valence-electron chi connectivity index (χ1n) is 8.89. The molecule has 2 aromatic heterocycles. The van der Waals surface area contributed by atoms with Crippen molar-refractivity contribution in [1.29, 1.82) is 0 Å². The third-order valence-electron chi connectivity index (χ3n) is 4.81. The van der Waals surface area contributed by atoms with Crippen molar-refractivity contribution in [2.24, 2.45) is 7.05 Å². The summed E-state index contributed by atoms with van der Waals surface area (Å²) in [7, 11) is 1.93. The molecule has 2 aromatic carbocycles. The van der Waals surface area contributed by atoms with Gasteiger partial charge in [0.15, 0.2) is 0 Å². The highest BCUT2D eigenvalue weighted by Gasteiger charge is 2.24. The molecule has 6 heteroatoms. The number of nitrogens with zero attached hydrogens (tertiary/aromatic N) is 4. The number of amides is 1. The van der Waals surface area contributed by atoms with Gasteiger partial charge in [-0.05, 0) is 24.6 Å². The maximum atomic E-state index is 13.1. The van der Waals surface area contributed by atoms with Crippen LogP contribution in [0.1, 0.15) is 30.4 Å². The Hall–Kier alpha value is -3.41. The van der Waals surface area contributed by atoms with Gasteiger partial charge in [0.05, 0.1) is 17.4 Å². The van der Waals surface area contributed by atoms with E-state index in [-0.39, 0.29) is 11.9 Å². The minimum Gasteiger partial charge on any atom is -0.340 e. The number of fused-ring (bicyclic) bond motifs is 1. The van der Waals surface area contributed by atoms with Gasteiger partial charge in [0.1, 0.15) is 17.9 Å². The Morgan fingerprint density at radius 2 is 1.78 bits per heavy atom. The van der Waals surface area contributed by atoms with Crippen LogP contribution in [0.4, 0.5) is 0 Å². The zero-order valence-corrected chi connectivity index (χ0v) is 15.3. The fourth-order valence-electron chi connectivity index (χ4n) is 3.27. The van der Waals surface area contributed by atoms with Crippen LogP contribution in [0, 0.1) is 0 Å². The molecule has 0 aliphatic carbocycles. The number of aryl methyl sites for hydroxylation is 1. The normalized spacial score (nSPS) is 13.4. The molecule has 0 aliphatic rings. The molecule has 0 saturated heterocycles. The molecule has 6 nitrogen and oxygen atoms in total. The molecule has 2 heterocycles. The Balaban J connectivity index is 1.65. The predicted octanol–water partition coefficient (Wildman–Crippen LogP) is 3.24. The third kappa shape index (κ3) is 3.21. The molecule has 0 fully saturated rings. The number of carbonyl (C=O) groups is 1. The van der Waals surface area contributed by atoms with Crippen molar-refractivity contribution in [3.63, 3.8) is 0 Å². The van der Waals surface area contributed by atoms with E-state index in [0.717, 1.165) is 22.4 Å². The van der Waals surface area contributed by atoms with E-state index in [1.165, 1.54) is 0 Å². The first kappa shape index (κ1) is 17.0. The molecule has 27 heavy (non-hydrogen) atoms. The molecule has 0 aliphatic heterocycles. The first-order chi connectivity index (χ1) is 13.1. The van der Waals surface area contributed by atoms with Crippen LogP contribution in [0.5, 0.6) is 0 Å². The lowest BCUT2D eigenvalue weighted by Gasteiger charge is -2.22. The van der Waals surface area contributed by atoms with Gasteiger partial charge in [-0.2, -0.15) is 0 Å². The van der Waals surface area contributed by atoms with E-state index in [0.29, 0.717) is 0 Å². The van der Waals surface area contributed by atoms with Gasteiger partial charge >= 0.3 is 0 Å². The maximum Gasteiger partial charge on any atom is 0.243 e. The second-order valence-electron chi connectivity index (χ2n) is 6.57. The largest absolute Gasteiger partial charge is 0.340 e. The van der Waals surface area contributed by atoms with E-state index in [2.05, 4.69) is 15.3 Å². The van der Waals surface area contributed by atoms with E-state index >= 15 is 0 Å². The molecule has 136 valence electrons. The van der Waals surface area contributed by atoms with Crippen molar-refractivity contribution in [3.8, 4) is 0 Å². The summed E-state index contributed by atoms with van der Waals surface area (Å²) in [5, 5.41) is 3.16. The lowest BCUT2D eigenvalue weighted by Crippen LogP contribution is -2.35. The number of nitrogens with one attached hydrogen (secondary N) is 1. The Morgan fingerprint density at radius 1 is 1.04 bits per heavy atom. The van der Waals surface area contributed by atoms with E-state index < -0.39 is 6.04 Å². The van der Waals surface area contributed by atoms with Crippen molar-refractivity contribution in [2.75, 3.05) is 0 Å². The molecule has 4 rings (SSSR count). The second kappa shape index (κ2) is 7.07. The number of para-hydroxylation sites is 2. The van der Waals surface area contributed by atoms with Crippen molar-refractivity contribution in [1.82, 2.24) is 24.4 Å². The predicted molar refractivity (Wildman–Crippen MR) is 104 cm³/mol. The standard InChI is InChI=1S/C21H21N5O/c1-15(26-14-23-17-10-6-7-11-18(17)26)21(27)24-19(16-8-4-3-5-9-16)20-22-12-13-25(20)2/h3-15,19H,1-2H3,(H,24,27)/t15-,19-/m1/s1. The molecule has 1 N–H and O–H groups in total. The summed E-state index contributed by atoms with van der Waals surface area (Å²) in [5.74, 6) is 0.701.